The molecule has 1 amide bonds. The van der Waals surface area contributed by atoms with Gasteiger partial charge >= 0.3 is 0 Å². The van der Waals surface area contributed by atoms with Gasteiger partial charge in [-0.2, -0.15) is 0 Å². The van der Waals surface area contributed by atoms with Crippen LogP contribution in [0.4, 0.5) is 5.82 Å². The lowest BCUT2D eigenvalue weighted by Crippen LogP contribution is -2.58. The summed E-state index contributed by atoms with van der Waals surface area (Å²) >= 11 is 5.98. The average Bonchev–Trinajstić information content (AvgIpc) is 3.09. The number of amides is 1. The molecule has 2 atom stereocenters. The van der Waals surface area contributed by atoms with Crippen molar-refractivity contribution in [1.82, 2.24) is 19.9 Å². The van der Waals surface area contributed by atoms with Gasteiger partial charge in [0.05, 0.1) is 12.0 Å². The van der Waals surface area contributed by atoms with Crippen molar-refractivity contribution in [2.75, 3.05) is 37.7 Å². The first kappa shape index (κ1) is 18.2. The topological polar surface area (TPSA) is 100 Å². The molecule has 0 aliphatic carbocycles. The fraction of sp³-hybridized carbons (Fsp3) is 0.350. The Balaban J connectivity index is 1.39. The van der Waals surface area contributed by atoms with Gasteiger partial charge in [0.2, 0.25) is 5.91 Å². The number of hydrogen-bond acceptors (Lipinski definition) is 6. The lowest BCUT2D eigenvalue weighted by molar-refractivity contribution is -0.133. The number of nitrogens with zero attached hydrogens (tertiary/aromatic N) is 4. The fourth-order valence-corrected chi connectivity index (χ4v) is 4.33. The number of H-pyrrole nitrogens is 1. The molecule has 1 saturated heterocycles. The lowest BCUT2D eigenvalue weighted by atomic mass is 9.97. The van der Waals surface area contributed by atoms with Gasteiger partial charge < -0.3 is 25.3 Å². The summed E-state index contributed by atoms with van der Waals surface area (Å²) in [5, 5.41) is 1.54. The summed E-state index contributed by atoms with van der Waals surface area (Å²) < 4.78 is 6.01. The predicted octanol–water partition coefficient (Wildman–Crippen LogP) is 1.76. The third kappa shape index (κ3) is 3.08. The number of aromatic nitrogens is 3. The van der Waals surface area contributed by atoms with Crippen molar-refractivity contribution in [3.05, 3.63) is 47.4 Å². The lowest BCUT2D eigenvalue weighted by Gasteiger charge is -2.42. The Labute approximate surface area is 172 Å². The Hall–Kier alpha value is -2.84. The molecule has 0 unspecified atom stereocenters. The van der Waals surface area contributed by atoms with E-state index in [1.54, 1.807) is 18.5 Å². The molecule has 29 heavy (non-hydrogen) atoms. The van der Waals surface area contributed by atoms with Crippen molar-refractivity contribution in [2.24, 2.45) is 5.73 Å². The van der Waals surface area contributed by atoms with Crippen LogP contribution in [0.5, 0.6) is 5.75 Å². The Morgan fingerprint density at radius 2 is 2.14 bits per heavy atom. The Morgan fingerprint density at radius 1 is 1.31 bits per heavy atom. The van der Waals surface area contributed by atoms with Crippen LogP contribution in [0.15, 0.2) is 36.8 Å². The summed E-state index contributed by atoms with van der Waals surface area (Å²) in [4.78, 5) is 29.3. The van der Waals surface area contributed by atoms with Gasteiger partial charge in [-0.15, -0.1) is 0 Å². The summed E-state index contributed by atoms with van der Waals surface area (Å²) in [5.74, 6) is 1.26. The van der Waals surface area contributed by atoms with Crippen molar-refractivity contribution in [1.29, 1.82) is 0 Å². The molecular formula is C20H21ClN6O2. The minimum Gasteiger partial charge on any atom is -0.489 e. The number of rotatable bonds is 3. The first-order valence-corrected chi connectivity index (χ1v) is 9.99. The molecule has 3 N–H and O–H groups in total. The summed E-state index contributed by atoms with van der Waals surface area (Å²) in [6.45, 7) is 2.56. The molecular weight excluding hydrogens is 392 g/mol. The molecule has 2 aliphatic heterocycles. The molecule has 0 radical (unpaired) electrons. The minimum absolute atomic E-state index is 0.0156. The largest absolute Gasteiger partial charge is 0.489 e. The minimum atomic E-state index is -0.384. The van der Waals surface area contributed by atoms with Crippen LogP contribution in [0.2, 0.25) is 5.02 Å². The number of carbonyl (C=O) groups is 1. The maximum Gasteiger partial charge on any atom is 0.231 e. The monoisotopic (exact) mass is 412 g/mol. The van der Waals surface area contributed by atoms with Crippen LogP contribution < -0.4 is 15.4 Å². The number of fused-ring (bicyclic) bond motifs is 2. The van der Waals surface area contributed by atoms with E-state index < -0.39 is 0 Å². The SMILES string of the molecule is NC[C@@H](C(=O)N1CCN2c3ncnc4[nH]cc(c34)OC[C@@H]2C1)c1ccc(Cl)cc1. The zero-order valence-corrected chi connectivity index (χ0v) is 16.5. The van der Waals surface area contributed by atoms with Gasteiger partial charge in [0.15, 0.2) is 0 Å². The zero-order chi connectivity index (χ0) is 20.0. The number of piperazine rings is 1. The van der Waals surface area contributed by atoms with Crippen molar-refractivity contribution >= 4 is 34.4 Å². The van der Waals surface area contributed by atoms with Gasteiger partial charge in [-0.05, 0) is 17.7 Å². The van der Waals surface area contributed by atoms with E-state index in [1.165, 1.54) is 0 Å². The molecule has 1 fully saturated rings. The van der Waals surface area contributed by atoms with Crippen molar-refractivity contribution in [2.45, 2.75) is 12.0 Å². The third-order valence-corrected chi connectivity index (χ3v) is 5.97. The van der Waals surface area contributed by atoms with Crippen molar-refractivity contribution in [3.8, 4) is 5.75 Å². The van der Waals surface area contributed by atoms with E-state index in [-0.39, 0.29) is 24.4 Å². The maximum atomic E-state index is 13.3. The third-order valence-electron chi connectivity index (χ3n) is 5.72. The summed E-state index contributed by atoms with van der Waals surface area (Å²) in [5.41, 5.74) is 7.61. The van der Waals surface area contributed by atoms with Crippen LogP contribution in [0, 0.1) is 0 Å². The smallest absolute Gasteiger partial charge is 0.231 e. The second-order valence-corrected chi connectivity index (χ2v) is 7.79. The number of aromatic amines is 1. The predicted molar refractivity (Wildman–Crippen MR) is 110 cm³/mol. The van der Waals surface area contributed by atoms with E-state index in [9.17, 15) is 4.79 Å². The number of anilines is 1. The molecule has 2 aliphatic rings. The van der Waals surface area contributed by atoms with Crippen LogP contribution in [-0.4, -0.2) is 64.6 Å². The Bertz CT molecular complexity index is 1050. The molecule has 1 aromatic carbocycles. The number of nitrogens with two attached hydrogens (primary N) is 1. The Kier molecular flexibility index (Phi) is 4.52. The summed E-state index contributed by atoms with van der Waals surface area (Å²) in [7, 11) is 0. The molecule has 2 aromatic heterocycles. The van der Waals surface area contributed by atoms with E-state index in [4.69, 9.17) is 22.1 Å². The normalized spacial score (nSPS) is 19.4. The number of halogens is 1. The second-order valence-electron chi connectivity index (χ2n) is 7.36. The molecule has 0 bridgehead atoms. The zero-order valence-electron chi connectivity index (χ0n) is 15.7. The van der Waals surface area contributed by atoms with Gasteiger partial charge in [-0.25, -0.2) is 9.97 Å². The molecule has 5 rings (SSSR count). The molecule has 4 heterocycles. The molecule has 9 heteroatoms. The van der Waals surface area contributed by atoms with Gasteiger partial charge in [0.25, 0.3) is 0 Å². The van der Waals surface area contributed by atoms with Crippen LogP contribution >= 0.6 is 11.6 Å². The standard InChI is InChI=1S/C20H21ClN6O2/c21-13-3-1-12(2-4-13)15(7-22)20(28)26-5-6-27-14(9-26)10-29-16-8-23-18-17(16)19(27)25-11-24-18/h1-4,8,11,14-15H,5-7,9-10,22H2,(H,23,24,25)/t14-,15+/m0/s1. The van der Waals surface area contributed by atoms with E-state index in [1.807, 2.05) is 23.2 Å². The molecule has 0 spiro atoms. The highest BCUT2D eigenvalue weighted by atomic mass is 35.5. The highest BCUT2D eigenvalue weighted by Crippen LogP contribution is 2.36. The van der Waals surface area contributed by atoms with E-state index >= 15 is 0 Å². The first-order valence-electron chi connectivity index (χ1n) is 9.61. The van der Waals surface area contributed by atoms with Crippen LogP contribution in [0.3, 0.4) is 0 Å². The first-order chi connectivity index (χ1) is 14.2. The van der Waals surface area contributed by atoms with Crippen LogP contribution in [0.1, 0.15) is 11.5 Å². The second kappa shape index (κ2) is 7.20. The van der Waals surface area contributed by atoms with Gasteiger partial charge in [0, 0.05) is 37.4 Å². The van der Waals surface area contributed by atoms with Gasteiger partial charge in [-0.1, -0.05) is 23.7 Å². The number of hydrogen-bond donors (Lipinski definition) is 2. The molecule has 0 saturated carbocycles. The molecule has 3 aromatic rings. The van der Waals surface area contributed by atoms with E-state index in [0.29, 0.717) is 31.3 Å². The highest BCUT2D eigenvalue weighted by Gasteiger charge is 2.36. The highest BCUT2D eigenvalue weighted by molar-refractivity contribution is 6.30. The van der Waals surface area contributed by atoms with E-state index in [2.05, 4.69) is 19.9 Å². The van der Waals surface area contributed by atoms with Gasteiger partial charge in [-0.3, -0.25) is 4.79 Å². The molecule has 8 nitrogen and oxygen atoms in total. The van der Waals surface area contributed by atoms with Crippen LogP contribution in [-0.2, 0) is 4.79 Å². The number of ether oxygens (including phenoxy) is 1. The van der Waals surface area contributed by atoms with Crippen LogP contribution in [0.25, 0.3) is 11.0 Å². The number of nitrogens with one attached hydrogen (secondary N) is 1. The summed E-state index contributed by atoms with van der Waals surface area (Å²) in [6.07, 6.45) is 3.37. The van der Waals surface area contributed by atoms with Crippen molar-refractivity contribution < 1.29 is 9.53 Å². The quantitative estimate of drug-likeness (QED) is 0.680. The fourth-order valence-electron chi connectivity index (χ4n) is 4.21. The number of carbonyl (C=O) groups excluding carboxylic acids is 1. The number of benzene rings is 1. The maximum absolute atomic E-state index is 13.3. The van der Waals surface area contributed by atoms with Gasteiger partial charge in [0.1, 0.15) is 35.5 Å². The van der Waals surface area contributed by atoms with Crippen molar-refractivity contribution in [3.63, 3.8) is 0 Å². The average molecular weight is 413 g/mol. The molecule has 150 valence electrons. The Morgan fingerprint density at radius 3 is 2.93 bits per heavy atom. The van der Waals surface area contributed by atoms with E-state index in [0.717, 1.165) is 28.2 Å². The summed E-state index contributed by atoms with van der Waals surface area (Å²) in [6, 6.07) is 7.33.